The van der Waals surface area contributed by atoms with Crippen molar-refractivity contribution < 1.29 is 14.1 Å². The molecule has 0 aliphatic carbocycles. The maximum atomic E-state index is 12.3. The summed E-state index contributed by atoms with van der Waals surface area (Å²) >= 11 is 6.26. The quantitative estimate of drug-likeness (QED) is 0.273. The number of nitro groups is 1. The zero-order valence-electron chi connectivity index (χ0n) is 12.0. The Morgan fingerprint density at radius 1 is 1.33 bits per heavy atom. The molecule has 0 spiro atoms. The van der Waals surface area contributed by atoms with Crippen LogP contribution >= 0.6 is 24.0 Å². The molecule has 1 saturated heterocycles. The number of rotatable bonds is 4. The van der Waals surface area contributed by atoms with Gasteiger partial charge in [-0.2, -0.15) is 10.1 Å². The summed E-state index contributed by atoms with van der Waals surface area (Å²) in [6, 6.07) is 9.36. The molecule has 2 aromatic rings. The molecule has 1 aromatic carbocycles. The molecule has 7 nitrogen and oxygen atoms in total. The van der Waals surface area contributed by atoms with Crippen LogP contribution in [0.2, 0.25) is 0 Å². The minimum Gasteiger partial charge on any atom is -0.465 e. The first-order valence-corrected chi connectivity index (χ1v) is 7.87. The van der Waals surface area contributed by atoms with E-state index >= 15 is 0 Å². The lowest BCUT2D eigenvalue weighted by Crippen LogP contribution is -2.22. The van der Waals surface area contributed by atoms with Gasteiger partial charge >= 0.3 is 0 Å². The minimum absolute atomic E-state index is 0.0537. The fourth-order valence-corrected chi connectivity index (χ4v) is 3.06. The number of benzene rings is 1. The van der Waals surface area contributed by atoms with Crippen molar-refractivity contribution in [2.75, 3.05) is 0 Å². The second kappa shape index (κ2) is 6.77. The third-order valence-corrected chi connectivity index (χ3v) is 4.28. The van der Waals surface area contributed by atoms with Crippen LogP contribution in [0.1, 0.15) is 11.3 Å². The predicted molar refractivity (Wildman–Crippen MR) is 94.4 cm³/mol. The number of furan rings is 1. The van der Waals surface area contributed by atoms with Crippen LogP contribution in [0.25, 0.3) is 6.08 Å². The first-order valence-electron chi connectivity index (χ1n) is 6.64. The predicted octanol–water partition coefficient (Wildman–Crippen LogP) is 3.42. The lowest BCUT2D eigenvalue weighted by Gasteiger charge is -2.05. The lowest BCUT2D eigenvalue weighted by molar-refractivity contribution is -0.384. The Kier molecular flexibility index (Phi) is 4.54. The summed E-state index contributed by atoms with van der Waals surface area (Å²) < 4.78 is 5.45. The van der Waals surface area contributed by atoms with E-state index in [1.807, 2.05) is 0 Å². The van der Waals surface area contributed by atoms with Gasteiger partial charge in [-0.05, 0) is 24.4 Å². The number of carbonyl (C=O) groups is 1. The average molecular weight is 359 g/mol. The number of hydrogen-bond acceptors (Lipinski definition) is 7. The molecule has 1 amide bonds. The third-order valence-electron chi connectivity index (χ3n) is 2.99. The molecule has 2 heterocycles. The molecule has 0 radical (unpaired) electrons. The Balaban J connectivity index is 1.80. The van der Waals surface area contributed by atoms with E-state index in [1.165, 1.54) is 24.6 Å². The maximum absolute atomic E-state index is 12.3. The molecule has 24 heavy (non-hydrogen) atoms. The maximum Gasteiger partial charge on any atom is 0.286 e. The summed E-state index contributed by atoms with van der Waals surface area (Å²) in [5, 5.41) is 15.9. The Morgan fingerprint density at radius 2 is 2.17 bits per heavy atom. The van der Waals surface area contributed by atoms with Crippen LogP contribution in [0, 0.1) is 10.1 Å². The van der Waals surface area contributed by atoms with E-state index in [4.69, 9.17) is 16.6 Å². The average Bonchev–Trinajstić information content (AvgIpc) is 3.16. The van der Waals surface area contributed by atoms with Gasteiger partial charge in [0, 0.05) is 23.8 Å². The van der Waals surface area contributed by atoms with E-state index in [-0.39, 0.29) is 15.9 Å². The molecule has 0 saturated carbocycles. The van der Waals surface area contributed by atoms with Gasteiger partial charge in [0.1, 0.15) is 5.76 Å². The van der Waals surface area contributed by atoms with Crippen molar-refractivity contribution in [3.05, 3.63) is 69.0 Å². The first kappa shape index (κ1) is 16.1. The molecule has 120 valence electrons. The van der Waals surface area contributed by atoms with Gasteiger partial charge in [-0.3, -0.25) is 14.9 Å². The molecule has 0 bridgehead atoms. The first-order chi connectivity index (χ1) is 11.5. The van der Waals surface area contributed by atoms with Crippen LogP contribution in [-0.2, 0) is 4.79 Å². The molecule has 0 unspecified atom stereocenters. The van der Waals surface area contributed by atoms with E-state index in [0.717, 1.165) is 16.8 Å². The largest absolute Gasteiger partial charge is 0.465 e. The molecule has 1 fully saturated rings. The zero-order valence-corrected chi connectivity index (χ0v) is 13.6. The van der Waals surface area contributed by atoms with Crippen LogP contribution in [0.15, 0.2) is 57.1 Å². The van der Waals surface area contributed by atoms with Gasteiger partial charge in [0.2, 0.25) is 0 Å². The minimum atomic E-state index is -0.497. The number of hydrazone groups is 1. The van der Waals surface area contributed by atoms with E-state index in [9.17, 15) is 14.9 Å². The number of nitrogens with zero attached hydrogens (tertiary/aromatic N) is 3. The monoisotopic (exact) mass is 359 g/mol. The Morgan fingerprint density at radius 3 is 2.88 bits per heavy atom. The van der Waals surface area contributed by atoms with Crippen molar-refractivity contribution in [1.29, 1.82) is 0 Å². The SMILES string of the molecule is O=C1/C(=C\c2ccco2)SC(=S)N1/N=C/c1cccc([N+](=O)[O-])c1. The van der Waals surface area contributed by atoms with Gasteiger partial charge < -0.3 is 4.42 Å². The third kappa shape index (κ3) is 3.42. The van der Waals surface area contributed by atoms with E-state index < -0.39 is 4.92 Å². The zero-order chi connectivity index (χ0) is 17.1. The van der Waals surface area contributed by atoms with Gasteiger partial charge in [-0.15, -0.1) is 0 Å². The van der Waals surface area contributed by atoms with Gasteiger partial charge in [0.25, 0.3) is 11.6 Å². The Labute approximate surface area is 145 Å². The molecule has 1 aliphatic rings. The second-order valence-electron chi connectivity index (χ2n) is 4.61. The molecular weight excluding hydrogens is 350 g/mol. The number of nitro benzene ring substituents is 1. The molecule has 1 aromatic heterocycles. The number of carbonyl (C=O) groups excluding carboxylic acids is 1. The van der Waals surface area contributed by atoms with E-state index in [1.54, 1.807) is 30.3 Å². The number of thioether (sulfide) groups is 1. The Hall–Kier alpha value is -2.78. The van der Waals surface area contributed by atoms with Crippen LogP contribution in [0.3, 0.4) is 0 Å². The van der Waals surface area contributed by atoms with Crippen molar-refractivity contribution in [3.8, 4) is 0 Å². The molecule has 3 rings (SSSR count). The highest BCUT2D eigenvalue weighted by atomic mass is 32.2. The topological polar surface area (TPSA) is 89.0 Å². The molecular formula is C15H9N3O4S2. The highest BCUT2D eigenvalue weighted by molar-refractivity contribution is 8.26. The second-order valence-corrected chi connectivity index (χ2v) is 6.28. The van der Waals surface area contributed by atoms with Gasteiger partial charge in [-0.25, -0.2) is 0 Å². The van der Waals surface area contributed by atoms with E-state index in [2.05, 4.69) is 5.10 Å². The molecule has 9 heteroatoms. The van der Waals surface area contributed by atoms with Crippen LogP contribution in [0.5, 0.6) is 0 Å². The summed E-state index contributed by atoms with van der Waals surface area (Å²) in [5.74, 6) is 0.168. The highest BCUT2D eigenvalue weighted by Gasteiger charge is 2.32. The molecule has 0 atom stereocenters. The fraction of sp³-hybridized carbons (Fsp3) is 0. The highest BCUT2D eigenvalue weighted by Crippen LogP contribution is 2.32. The van der Waals surface area contributed by atoms with Gasteiger partial charge in [-0.1, -0.05) is 23.9 Å². The van der Waals surface area contributed by atoms with Gasteiger partial charge in [0.15, 0.2) is 4.32 Å². The van der Waals surface area contributed by atoms with Crippen molar-refractivity contribution in [2.24, 2.45) is 5.10 Å². The van der Waals surface area contributed by atoms with Crippen molar-refractivity contribution in [3.63, 3.8) is 0 Å². The summed E-state index contributed by atoms with van der Waals surface area (Å²) in [7, 11) is 0. The number of hydrogen-bond donors (Lipinski definition) is 0. The summed E-state index contributed by atoms with van der Waals surface area (Å²) in [6.45, 7) is 0. The standard InChI is InChI=1S/C15H9N3O4S2/c19-14-13(8-12-5-2-6-22-12)24-15(23)17(14)16-9-10-3-1-4-11(7-10)18(20)21/h1-9H/b13-8+,16-9+. The summed E-state index contributed by atoms with van der Waals surface area (Å²) in [5.41, 5.74) is 0.440. The van der Waals surface area contributed by atoms with Crippen molar-refractivity contribution in [1.82, 2.24) is 5.01 Å². The van der Waals surface area contributed by atoms with E-state index in [0.29, 0.717) is 16.2 Å². The normalized spacial score (nSPS) is 16.5. The van der Waals surface area contributed by atoms with Gasteiger partial charge in [0.05, 0.1) is 22.3 Å². The fourth-order valence-electron chi connectivity index (χ4n) is 1.90. The number of amides is 1. The number of thiocarbonyl (C=S) groups is 1. The summed E-state index contributed by atoms with van der Waals surface area (Å²) in [4.78, 5) is 23.0. The van der Waals surface area contributed by atoms with Crippen LogP contribution in [-0.4, -0.2) is 26.4 Å². The van der Waals surface area contributed by atoms with Crippen molar-refractivity contribution in [2.45, 2.75) is 0 Å². The summed E-state index contributed by atoms with van der Waals surface area (Å²) in [6.07, 6.45) is 4.45. The smallest absolute Gasteiger partial charge is 0.286 e. The molecule has 0 N–H and O–H groups in total. The van der Waals surface area contributed by atoms with Crippen LogP contribution < -0.4 is 0 Å². The van der Waals surface area contributed by atoms with Crippen LogP contribution in [0.4, 0.5) is 5.69 Å². The lowest BCUT2D eigenvalue weighted by atomic mass is 10.2. The molecule has 1 aliphatic heterocycles. The van der Waals surface area contributed by atoms with Crippen molar-refractivity contribution >= 4 is 52.2 Å². The number of non-ortho nitro benzene ring substituents is 1. The Bertz CT molecular complexity index is 875.